The molecule has 0 atom stereocenters. The number of aliphatic hydroxyl groups is 1. The molecule has 0 bridgehead atoms. The van der Waals surface area contributed by atoms with E-state index in [-0.39, 0.29) is 17.7 Å². The van der Waals surface area contributed by atoms with E-state index in [0.29, 0.717) is 10.7 Å². The molecule has 0 heterocycles. The number of aromatic carboxylic acids is 1. The van der Waals surface area contributed by atoms with Crippen molar-refractivity contribution in [2.24, 2.45) is 0 Å². The summed E-state index contributed by atoms with van der Waals surface area (Å²) in [6.45, 7) is -0.00142. The van der Waals surface area contributed by atoms with Crippen LogP contribution >= 0.6 is 11.6 Å². The lowest BCUT2D eigenvalue weighted by atomic mass is 9.77. The normalized spacial score (nSPS) is 17.3. The number of carbonyl (C=O) groups is 1. The molecule has 17 heavy (non-hydrogen) atoms. The van der Waals surface area contributed by atoms with Gasteiger partial charge in [0.05, 0.1) is 23.4 Å². The van der Waals surface area contributed by atoms with Crippen LogP contribution in [0.15, 0.2) is 18.2 Å². The molecule has 0 saturated heterocycles. The van der Waals surface area contributed by atoms with Crippen LogP contribution in [0.2, 0.25) is 5.02 Å². The summed E-state index contributed by atoms with van der Waals surface area (Å²) in [7, 11) is 0. The van der Waals surface area contributed by atoms with Gasteiger partial charge in [-0.3, -0.25) is 0 Å². The van der Waals surface area contributed by atoms with Gasteiger partial charge in [0.25, 0.3) is 0 Å². The minimum absolute atomic E-state index is 0.00142. The number of carboxylic acid groups (broad SMARTS) is 1. The third kappa shape index (κ3) is 2.37. The average molecular weight is 256 g/mol. The molecule has 1 aromatic carbocycles. The number of benzene rings is 1. The predicted molar refractivity (Wildman–Crippen MR) is 65.7 cm³/mol. The molecule has 1 aliphatic carbocycles. The SMILES string of the molecule is O=C(O)c1ccc(Cl)cc1NC1(CO)CCC1. The van der Waals surface area contributed by atoms with E-state index in [2.05, 4.69) is 5.32 Å². The highest BCUT2D eigenvalue weighted by molar-refractivity contribution is 6.31. The second-order valence-electron chi connectivity index (χ2n) is 4.41. The van der Waals surface area contributed by atoms with Gasteiger partial charge >= 0.3 is 5.97 Å². The van der Waals surface area contributed by atoms with Crippen LogP contribution in [0.25, 0.3) is 0 Å². The summed E-state index contributed by atoms with van der Waals surface area (Å²) in [5, 5.41) is 22.0. The van der Waals surface area contributed by atoms with Crippen molar-refractivity contribution >= 4 is 23.3 Å². The Kier molecular flexibility index (Phi) is 3.26. The molecular formula is C12H14ClNO3. The monoisotopic (exact) mass is 255 g/mol. The highest BCUT2D eigenvalue weighted by Crippen LogP contribution is 2.36. The first kappa shape index (κ1) is 12.2. The highest BCUT2D eigenvalue weighted by Gasteiger charge is 2.36. The first-order valence-electron chi connectivity index (χ1n) is 5.48. The van der Waals surface area contributed by atoms with Crippen molar-refractivity contribution in [1.82, 2.24) is 0 Å². The molecule has 0 aliphatic heterocycles. The van der Waals surface area contributed by atoms with E-state index in [1.807, 2.05) is 0 Å². The molecule has 1 saturated carbocycles. The summed E-state index contributed by atoms with van der Waals surface area (Å²) in [6.07, 6.45) is 2.72. The van der Waals surface area contributed by atoms with Crippen LogP contribution in [-0.4, -0.2) is 28.3 Å². The number of halogens is 1. The molecule has 0 unspecified atom stereocenters. The van der Waals surface area contributed by atoms with Crippen molar-refractivity contribution in [1.29, 1.82) is 0 Å². The summed E-state index contributed by atoms with van der Waals surface area (Å²) in [4.78, 5) is 11.1. The number of rotatable bonds is 4. The van der Waals surface area contributed by atoms with Gasteiger partial charge in [-0.05, 0) is 37.5 Å². The van der Waals surface area contributed by atoms with Crippen LogP contribution in [0.4, 0.5) is 5.69 Å². The van der Waals surface area contributed by atoms with E-state index in [1.165, 1.54) is 6.07 Å². The van der Waals surface area contributed by atoms with Gasteiger partial charge < -0.3 is 15.5 Å². The standard InChI is InChI=1S/C12H14ClNO3/c13-8-2-3-9(11(16)17)10(6-8)14-12(7-15)4-1-5-12/h2-3,6,14-15H,1,4-5,7H2,(H,16,17). The highest BCUT2D eigenvalue weighted by atomic mass is 35.5. The second-order valence-corrected chi connectivity index (χ2v) is 4.85. The van der Waals surface area contributed by atoms with E-state index < -0.39 is 5.97 Å². The van der Waals surface area contributed by atoms with Crippen molar-refractivity contribution in [3.8, 4) is 0 Å². The maximum atomic E-state index is 11.1. The minimum atomic E-state index is -1.00. The topological polar surface area (TPSA) is 69.6 Å². The number of carboxylic acids is 1. The largest absolute Gasteiger partial charge is 0.478 e. The molecule has 1 aliphatic rings. The lowest BCUT2D eigenvalue weighted by Crippen LogP contribution is -2.48. The lowest BCUT2D eigenvalue weighted by Gasteiger charge is -2.42. The maximum absolute atomic E-state index is 11.1. The molecule has 0 aromatic heterocycles. The van der Waals surface area contributed by atoms with Gasteiger partial charge in [0, 0.05) is 5.02 Å². The lowest BCUT2D eigenvalue weighted by molar-refractivity contribution is 0.0697. The number of anilines is 1. The predicted octanol–water partition coefficient (Wildman–Crippen LogP) is 2.37. The Morgan fingerprint density at radius 3 is 2.65 bits per heavy atom. The molecule has 0 spiro atoms. The van der Waals surface area contributed by atoms with Gasteiger partial charge in [0.15, 0.2) is 0 Å². The molecule has 3 N–H and O–H groups in total. The Hall–Kier alpha value is -1.26. The summed E-state index contributed by atoms with van der Waals surface area (Å²) in [5.74, 6) is -1.00. The smallest absolute Gasteiger partial charge is 0.337 e. The molecule has 0 radical (unpaired) electrons. The molecule has 92 valence electrons. The van der Waals surface area contributed by atoms with E-state index >= 15 is 0 Å². The zero-order chi connectivity index (χ0) is 12.5. The van der Waals surface area contributed by atoms with Crippen molar-refractivity contribution in [3.63, 3.8) is 0 Å². The molecule has 1 aromatic rings. The molecule has 5 heteroatoms. The Morgan fingerprint density at radius 2 is 2.18 bits per heavy atom. The third-order valence-electron chi connectivity index (χ3n) is 3.23. The first-order valence-corrected chi connectivity index (χ1v) is 5.86. The number of aliphatic hydroxyl groups excluding tert-OH is 1. The van der Waals surface area contributed by atoms with Crippen molar-refractivity contribution in [2.75, 3.05) is 11.9 Å². The molecular weight excluding hydrogens is 242 g/mol. The van der Waals surface area contributed by atoms with Crippen molar-refractivity contribution < 1.29 is 15.0 Å². The molecule has 2 rings (SSSR count). The van der Waals surface area contributed by atoms with Crippen LogP contribution in [0, 0.1) is 0 Å². The Bertz CT molecular complexity index is 438. The second kappa shape index (κ2) is 4.55. The van der Waals surface area contributed by atoms with Gasteiger partial charge in [0.1, 0.15) is 0 Å². The minimum Gasteiger partial charge on any atom is -0.478 e. The molecule has 0 amide bonds. The Morgan fingerprint density at radius 1 is 1.47 bits per heavy atom. The van der Waals surface area contributed by atoms with Crippen LogP contribution in [0.1, 0.15) is 29.6 Å². The van der Waals surface area contributed by atoms with Gasteiger partial charge in [0.2, 0.25) is 0 Å². The Labute approximate surface area is 104 Å². The van der Waals surface area contributed by atoms with Crippen molar-refractivity contribution in [2.45, 2.75) is 24.8 Å². The molecule has 4 nitrogen and oxygen atoms in total. The van der Waals surface area contributed by atoms with E-state index in [1.54, 1.807) is 12.1 Å². The average Bonchev–Trinajstić information content (AvgIpc) is 2.23. The van der Waals surface area contributed by atoms with Gasteiger partial charge in [-0.2, -0.15) is 0 Å². The summed E-state index contributed by atoms with van der Waals surface area (Å²) in [5.41, 5.74) is 0.266. The summed E-state index contributed by atoms with van der Waals surface area (Å²) in [6, 6.07) is 4.60. The van der Waals surface area contributed by atoms with Crippen LogP contribution in [-0.2, 0) is 0 Å². The van der Waals surface area contributed by atoms with Gasteiger partial charge in [-0.1, -0.05) is 11.6 Å². The first-order chi connectivity index (χ1) is 8.06. The van der Waals surface area contributed by atoms with Gasteiger partial charge in [-0.15, -0.1) is 0 Å². The fourth-order valence-corrected chi connectivity index (χ4v) is 2.19. The number of hydrogen-bond acceptors (Lipinski definition) is 3. The number of hydrogen-bond donors (Lipinski definition) is 3. The summed E-state index contributed by atoms with van der Waals surface area (Å²) < 4.78 is 0. The van der Waals surface area contributed by atoms with Gasteiger partial charge in [-0.25, -0.2) is 4.79 Å². The van der Waals surface area contributed by atoms with E-state index in [4.69, 9.17) is 16.7 Å². The fourth-order valence-electron chi connectivity index (χ4n) is 2.02. The molecule has 1 fully saturated rings. The van der Waals surface area contributed by atoms with Crippen LogP contribution in [0.3, 0.4) is 0 Å². The maximum Gasteiger partial charge on any atom is 0.337 e. The van der Waals surface area contributed by atoms with Crippen molar-refractivity contribution in [3.05, 3.63) is 28.8 Å². The fraction of sp³-hybridized carbons (Fsp3) is 0.417. The van der Waals surface area contributed by atoms with E-state index in [9.17, 15) is 9.90 Å². The Balaban J connectivity index is 2.30. The third-order valence-corrected chi connectivity index (χ3v) is 3.46. The zero-order valence-electron chi connectivity index (χ0n) is 9.24. The summed E-state index contributed by atoms with van der Waals surface area (Å²) >= 11 is 5.86. The zero-order valence-corrected chi connectivity index (χ0v) is 10.00. The van der Waals surface area contributed by atoms with Crippen LogP contribution < -0.4 is 5.32 Å². The van der Waals surface area contributed by atoms with Crippen LogP contribution in [0.5, 0.6) is 0 Å². The number of nitrogens with one attached hydrogen (secondary N) is 1. The van der Waals surface area contributed by atoms with E-state index in [0.717, 1.165) is 19.3 Å². The quantitative estimate of drug-likeness (QED) is 0.773.